The van der Waals surface area contributed by atoms with E-state index >= 15 is 0 Å². The molecule has 1 N–H and O–H groups in total. The maximum Gasteiger partial charge on any atom is 0.0488 e. The van der Waals surface area contributed by atoms with E-state index in [4.69, 9.17) is 4.74 Å². The first-order valence-electron chi connectivity index (χ1n) is 8.45. The Hall–Kier alpha value is -0.0800. The normalized spacial score (nSPS) is 27.2. The van der Waals surface area contributed by atoms with Gasteiger partial charge in [-0.2, -0.15) is 0 Å². The first kappa shape index (κ1) is 17.0. The molecule has 0 saturated heterocycles. The van der Waals surface area contributed by atoms with Crippen LogP contribution in [0.2, 0.25) is 0 Å². The van der Waals surface area contributed by atoms with Crippen LogP contribution in [0.1, 0.15) is 65.7 Å². The molecule has 0 amide bonds. The second-order valence-electron chi connectivity index (χ2n) is 6.47. The van der Waals surface area contributed by atoms with Gasteiger partial charge in [-0.3, -0.25) is 0 Å². The molecule has 0 aromatic carbocycles. The summed E-state index contributed by atoms with van der Waals surface area (Å²) >= 11 is 0. The van der Waals surface area contributed by atoms with E-state index in [-0.39, 0.29) is 0 Å². The summed E-state index contributed by atoms with van der Waals surface area (Å²) in [5.41, 5.74) is 0. The van der Waals surface area contributed by atoms with Gasteiger partial charge in [-0.15, -0.1) is 0 Å². The van der Waals surface area contributed by atoms with Crippen LogP contribution in [0, 0.1) is 17.8 Å². The van der Waals surface area contributed by atoms with Crippen molar-refractivity contribution in [2.45, 2.75) is 71.8 Å². The molecule has 4 unspecified atom stereocenters. The molecule has 0 radical (unpaired) electrons. The van der Waals surface area contributed by atoms with Crippen LogP contribution in [-0.4, -0.2) is 26.3 Å². The molecule has 0 spiro atoms. The molecule has 1 aliphatic carbocycles. The minimum absolute atomic E-state index is 0.666. The van der Waals surface area contributed by atoms with Gasteiger partial charge in [0.25, 0.3) is 0 Å². The fourth-order valence-corrected chi connectivity index (χ4v) is 3.80. The fraction of sp³-hybridized carbons (Fsp3) is 1.00. The van der Waals surface area contributed by atoms with E-state index in [0.717, 1.165) is 25.0 Å². The molecule has 1 rings (SSSR count). The van der Waals surface area contributed by atoms with Crippen molar-refractivity contribution in [3.05, 3.63) is 0 Å². The predicted molar refractivity (Wildman–Crippen MR) is 83.5 cm³/mol. The number of ether oxygens (including phenoxy) is 1. The maximum absolute atomic E-state index is 5.32. The van der Waals surface area contributed by atoms with E-state index in [2.05, 4.69) is 26.1 Å². The Bertz CT molecular complexity index is 219. The molecule has 1 aliphatic rings. The molecule has 114 valence electrons. The van der Waals surface area contributed by atoms with Crippen molar-refractivity contribution >= 4 is 0 Å². The van der Waals surface area contributed by atoms with Crippen LogP contribution in [0.3, 0.4) is 0 Å². The number of rotatable bonds is 9. The molecule has 0 heterocycles. The minimum atomic E-state index is 0.666. The summed E-state index contributed by atoms with van der Waals surface area (Å²) in [6.45, 7) is 9.03. The van der Waals surface area contributed by atoms with Crippen LogP contribution in [0.25, 0.3) is 0 Å². The van der Waals surface area contributed by atoms with Gasteiger partial charge in [0.1, 0.15) is 0 Å². The van der Waals surface area contributed by atoms with Crippen molar-refractivity contribution in [2.24, 2.45) is 17.8 Å². The van der Waals surface area contributed by atoms with E-state index in [1.165, 1.54) is 44.9 Å². The van der Waals surface area contributed by atoms with E-state index in [0.29, 0.717) is 12.0 Å². The second kappa shape index (κ2) is 9.77. The van der Waals surface area contributed by atoms with Gasteiger partial charge < -0.3 is 10.1 Å². The molecule has 4 atom stereocenters. The number of nitrogens with one attached hydrogen (secondary N) is 1. The van der Waals surface area contributed by atoms with E-state index in [1.54, 1.807) is 0 Å². The Kier molecular flexibility index (Phi) is 8.72. The molecule has 2 heteroatoms. The summed E-state index contributed by atoms with van der Waals surface area (Å²) in [7, 11) is 1.82. The van der Waals surface area contributed by atoms with Crippen LogP contribution in [0.5, 0.6) is 0 Å². The molecule has 0 aromatic heterocycles. The summed E-state index contributed by atoms with van der Waals surface area (Å²) in [6, 6.07) is 0.704. The Morgan fingerprint density at radius 1 is 1.21 bits per heavy atom. The zero-order chi connectivity index (χ0) is 14.1. The summed E-state index contributed by atoms with van der Waals surface area (Å²) in [5, 5.41) is 3.84. The molecule has 1 fully saturated rings. The van der Waals surface area contributed by atoms with Gasteiger partial charge >= 0.3 is 0 Å². The number of methoxy groups -OCH3 is 1. The first-order chi connectivity index (χ1) is 9.22. The van der Waals surface area contributed by atoms with Gasteiger partial charge in [0, 0.05) is 19.8 Å². The highest BCUT2D eigenvalue weighted by molar-refractivity contribution is 4.85. The zero-order valence-electron chi connectivity index (χ0n) is 13.6. The van der Waals surface area contributed by atoms with Gasteiger partial charge in [-0.25, -0.2) is 0 Å². The third-order valence-corrected chi connectivity index (χ3v) is 4.77. The third-order valence-electron chi connectivity index (χ3n) is 4.77. The lowest BCUT2D eigenvalue weighted by Gasteiger charge is -2.38. The average Bonchev–Trinajstić information content (AvgIpc) is 2.43. The summed E-state index contributed by atoms with van der Waals surface area (Å²) in [6.07, 6.45) is 9.62. The second-order valence-corrected chi connectivity index (χ2v) is 6.47. The van der Waals surface area contributed by atoms with Crippen molar-refractivity contribution in [2.75, 3.05) is 20.3 Å². The van der Waals surface area contributed by atoms with Crippen LogP contribution >= 0.6 is 0 Å². The quantitative estimate of drug-likeness (QED) is 0.676. The van der Waals surface area contributed by atoms with Crippen molar-refractivity contribution in [1.29, 1.82) is 0 Å². The van der Waals surface area contributed by atoms with Gasteiger partial charge in [0.2, 0.25) is 0 Å². The van der Waals surface area contributed by atoms with Gasteiger partial charge in [-0.05, 0) is 43.6 Å². The van der Waals surface area contributed by atoms with Crippen LogP contribution in [-0.2, 0) is 4.74 Å². The molecule has 0 aliphatic heterocycles. The van der Waals surface area contributed by atoms with Crippen LogP contribution in [0.15, 0.2) is 0 Å². The topological polar surface area (TPSA) is 21.3 Å². The molecule has 1 saturated carbocycles. The smallest absolute Gasteiger partial charge is 0.0488 e. The minimum Gasteiger partial charge on any atom is -0.384 e. The summed E-state index contributed by atoms with van der Waals surface area (Å²) in [4.78, 5) is 0. The lowest BCUT2D eigenvalue weighted by Crippen LogP contribution is -2.42. The molecular weight excluding hydrogens is 234 g/mol. The molecular formula is C17H35NO. The van der Waals surface area contributed by atoms with Crippen LogP contribution in [0.4, 0.5) is 0 Å². The predicted octanol–water partition coefficient (Wildman–Crippen LogP) is 4.24. The molecule has 0 aromatic rings. The summed E-state index contributed by atoms with van der Waals surface area (Å²) in [5.74, 6) is 2.50. The Labute approximate surface area is 120 Å². The Morgan fingerprint density at radius 3 is 2.58 bits per heavy atom. The first-order valence-corrected chi connectivity index (χ1v) is 8.45. The van der Waals surface area contributed by atoms with E-state index in [9.17, 15) is 0 Å². The highest BCUT2D eigenvalue weighted by atomic mass is 16.5. The van der Waals surface area contributed by atoms with Crippen molar-refractivity contribution < 1.29 is 4.74 Å². The fourth-order valence-electron chi connectivity index (χ4n) is 3.80. The van der Waals surface area contributed by atoms with Crippen molar-refractivity contribution in [3.8, 4) is 0 Å². The largest absolute Gasteiger partial charge is 0.384 e. The maximum atomic E-state index is 5.32. The summed E-state index contributed by atoms with van der Waals surface area (Å²) < 4.78 is 5.32. The molecule has 0 bridgehead atoms. The van der Waals surface area contributed by atoms with E-state index in [1.807, 2.05) is 7.11 Å². The zero-order valence-corrected chi connectivity index (χ0v) is 13.6. The lowest BCUT2D eigenvalue weighted by atomic mass is 9.72. The molecule has 2 nitrogen and oxygen atoms in total. The third kappa shape index (κ3) is 5.83. The Balaban J connectivity index is 2.59. The van der Waals surface area contributed by atoms with Crippen molar-refractivity contribution in [3.63, 3.8) is 0 Å². The number of hydrogen-bond donors (Lipinski definition) is 1. The number of hydrogen-bond acceptors (Lipinski definition) is 2. The SMILES string of the molecule is CCCNC(CC(C)COC)C1CCCCC1CC. The molecule has 19 heavy (non-hydrogen) atoms. The van der Waals surface area contributed by atoms with Gasteiger partial charge in [0.05, 0.1) is 0 Å². The lowest BCUT2D eigenvalue weighted by molar-refractivity contribution is 0.119. The standard InChI is InChI=1S/C17H35NO/c1-5-11-18-17(12-14(3)13-19-4)16-10-8-7-9-15(16)6-2/h14-18H,5-13H2,1-4H3. The van der Waals surface area contributed by atoms with Gasteiger partial charge in [0.15, 0.2) is 0 Å². The Morgan fingerprint density at radius 2 is 1.95 bits per heavy atom. The van der Waals surface area contributed by atoms with E-state index < -0.39 is 0 Å². The van der Waals surface area contributed by atoms with Crippen molar-refractivity contribution in [1.82, 2.24) is 5.32 Å². The highest BCUT2D eigenvalue weighted by Gasteiger charge is 2.31. The monoisotopic (exact) mass is 269 g/mol. The average molecular weight is 269 g/mol. The highest BCUT2D eigenvalue weighted by Crippen LogP contribution is 2.36. The van der Waals surface area contributed by atoms with Crippen LogP contribution < -0.4 is 5.32 Å². The van der Waals surface area contributed by atoms with Gasteiger partial charge in [-0.1, -0.05) is 46.5 Å².